The third-order valence-corrected chi connectivity index (χ3v) is 5.71. The number of nitrogens with zero attached hydrogens (tertiary/aromatic N) is 2. The van der Waals surface area contributed by atoms with Gasteiger partial charge < -0.3 is 26.4 Å². The first kappa shape index (κ1) is 27.5. The second-order valence-corrected chi connectivity index (χ2v) is 8.22. The van der Waals surface area contributed by atoms with E-state index in [1.165, 1.54) is 13.0 Å². The molecule has 198 valence electrons. The molecular formula is C25H28F3N5O4. The number of halogens is 3. The maximum absolute atomic E-state index is 13.8. The molecular weight excluding hydrogens is 491 g/mol. The number of anilines is 2. The topological polar surface area (TPSA) is 131 Å². The van der Waals surface area contributed by atoms with Crippen LogP contribution in [0, 0.1) is 0 Å². The van der Waals surface area contributed by atoms with Gasteiger partial charge in [0, 0.05) is 24.5 Å². The smallest absolute Gasteiger partial charge is 0.416 e. The van der Waals surface area contributed by atoms with E-state index in [1.54, 1.807) is 31.2 Å². The summed E-state index contributed by atoms with van der Waals surface area (Å²) in [6, 6.07) is 8.64. The van der Waals surface area contributed by atoms with E-state index in [-0.39, 0.29) is 36.7 Å². The van der Waals surface area contributed by atoms with E-state index >= 15 is 0 Å². The van der Waals surface area contributed by atoms with E-state index in [0.29, 0.717) is 11.3 Å². The first-order valence-corrected chi connectivity index (χ1v) is 11.5. The summed E-state index contributed by atoms with van der Waals surface area (Å²) in [5, 5.41) is 2.57. The number of amides is 3. The van der Waals surface area contributed by atoms with E-state index < -0.39 is 42.2 Å². The zero-order valence-corrected chi connectivity index (χ0v) is 20.3. The van der Waals surface area contributed by atoms with Gasteiger partial charge >= 0.3 is 18.2 Å². The van der Waals surface area contributed by atoms with Crippen molar-refractivity contribution in [1.29, 1.82) is 0 Å². The Morgan fingerprint density at radius 1 is 1.14 bits per heavy atom. The summed E-state index contributed by atoms with van der Waals surface area (Å²) in [6.45, 7) is 2.86. The van der Waals surface area contributed by atoms with Gasteiger partial charge in [-0.2, -0.15) is 13.2 Å². The number of urea groups is 1. The molecule has 0 saturated heterocycles. The van der Waals surface area contributed by atoms with Crippen LogP contribution in [0.15, 0.2) is 59.8 Å². The standard InChI is InChI=1S/C25H28F3N5O4/c1-3-37-23(35)21-15(2)33(19-6-4-5-17(13-19)25(26,27)28)24(36)32(14-20(34)31-12-11-29)22(21)16-7-9-18(30)10-8-16/h4-10,13,22H,3,11-12,14,29-30H2,1-2H3,(H,31,34)/t22-/m1/s1. The van der Waals surface area contributed by atoms with Gasteiger partial charge in [-0.25, -0.2) is 9.59 Å². The molecule has 3 rings (SSSR count). The van der Waals surface area contributed by atoms with Crippen LogP contribution in [0.2, 0.25) is 0 Å². The predicted molar refractivity (Wildman–Crippen MR) is 131 cm³/mol. The Morgan fingerprint density at radius 2 is 1.81 bits per heavy atom. The normalized spacial score (nSPS) is 16.2. The lowest BCUT2D eigenvalue weighted by atomic mass is 9.92. The quantitative estimate of drug-likeness (QED) is 0.363. The molecule has 9 nitrogen and oxygen atoms in total. The van der Waals surface area contributed by atoms with Crippen molar-refractivity contribution in [1.82, 2.24) is 10.2 Å². The average Bonchev–Trinajstić information content (AvgIpc) is 2.84. The van der Waals surface area contributed by atoms with Gasteiger partial charge in [0.15, 0.2) is 0 Å². The van der Waals surface area contributed by atoms with E-state index in [9.17, 15) is 27.6 Å². The Morgan fingerprint density at radius 3 is 2.41 bits per heavy atom. The summed E-state index contributed by atoms with van der Waals surface area (Å²) >= 11 is 0. The highest BCUT2D eigenvalue weighted by atomic mass is 19.4. The zero-order chi connectivity index (χ0) is 27.3. The molecule has 2 aromatic carbocycles. The number of allylic oxidation sites excluding steroid dienone is 1. The van der Waals surface area contributed by atoms with Crippen LogP contribution in [0.5, 0.6) is 0 Å². The van der Waals surface area contributed by atoms with Crippen molar-refractivity contribution in [3.8, 4) is 0 Å². The Labute approximate surface area is 211 Å². The number of benzene rings is 2. The number of hydrogen-bond donors (Lipinski definition) is 3. The monoisotopic (exact) mass is 519 g/mol. The van der Waals surface area contributed by atoms with Crippen molar-refractivity contribution < 1.29 is 32.3 Å². The number of esters is 1. The van der Waals surface area contributed by atoms with E-state index in [4.69, 9.17) is 16.2 Å². The van der Waals surface area contributed by atoms with Gasteiger partial charge in [-0.1, -0.05) is 18.2 Å². The number of carbonyl (C=O) groups excluding carboxylic acids is 3. The Bertz CT molecular complexity index is 1200. The molecule has 37 heavy (non-hydrogen) atoms. The highest BCUT2D eigenvalue weighted by Crippen LogP contribution is 2.41. The number of nitrogen functional groups attached to an aromatic ring is 1. The van der Waals surface area contributed by atoms with E-state index in [1.807, 2.05) is 0 Å². The number of nitrogens with one attached hydrogen (secondary N) is 1. The van der Waals surface area contributed by atoms with Gasteiger partial charge in [0.2, 0.25) is 5.91 Å². The van der Waals surface area contributed by atoms with Crippen LogP contribution < -0.4 is 21.7 Å². The fourth-order valence-corrected chi connectivity index (χ4v) is 4.06. The Balaban J connectivity index is 2.24. The first-order valence-electron chi connectivity index (χ1n) is 11.5. The Hall–Kier alpha value is -4.06. The van der Waals surface area contributed by atoms with Crippen molar-refractivity contribution in [2.75, 3.05) is 36.9 Å². The van der Waals surface area contributed by atoms with Crippen LogP contribution in [0.3, 0.4) is 0 Å². The summed E-state index contributed by atoms with van der Waals surface area (Å²) in [5.41, 5.74) is 11.1. The molecule has 0 bridgehead atoms. The van der Waals surface area contributed by atoms with Gasteiger partial charge in [-0.05, 0) is 49.7 Å². The van der Waals surface area contributed by atoms with Crippen LogP contribution in [-0.2, 0) is 20.5 Å². The van der Waals surface area contributed by atoms with Crippen molar-refractivity contribution in [2.24, 2.45) is 5.73 Å². The van der Waals surface area contributed by atoms with Crippen LogP contribution in [-0.4, -0.2) is 49.0 Å². The number of rotatable bonds is 8. The molecule has 0 fully saturated rings. The molecule has 0 radical (unpaired) electrons. The van der Waals surface area contributed by atoms with Crippen molar-refractivity contribution in [2.45, 2.75) is 26.1 Å². The van der Waals surface area contributed by atoms with Gasteiger partial charge in [-0.3, -0.25) is 9.69 Å². The van der Waals surface area contributed by atoms with Crippen LogP contribution in [0.4, 0.5) is 29.3 Å². The summed E-state index contributed by atoms with van der Waals surface area (Å²) in [6.07, 6.45) is -4.66. The second-order valence-electron chi connectivity index (χ2n) is 8.22. The minimum Gasteiger partial charge on any atom is -0.463 e. The molecule has 1 atom stereocenters. The van der Waals surface area contributed by atoms with Gasteiger partial charge in [-0.15, -0.1) is 0 Å². The van der Waals surface area contributed by atoms with Crippen LogP contribution in [0.1, 0.15) is 31.0 Å². The van der Waals surface area contributed by atoms with Crippen LogP contribution in [0.25, 0.3) is 0 Å². The molecule has 5 N–H and O–H groups in total. The molecule has 0 aliphatic carbocycles. The number of carbonyl (C=O) groups is 3. The van der Waals surface area contributed by atoms with Crippen molar-refractivity contribution >= 4 is 29.3 Å². The molecule has 1 aliphatic rings. The maximum Gasteiger partial charge on any atom is 0.416 e. The van der Waals surface area contributed by atoms with E-state index in [2.05, 4.69) is 5.32 Å². The van der Waals surface area contributed by atoms with Crippen molar-refractivity contribution in [3.05, 3.63) is 70.9 Å². The fourth-order valence-electron chi connectivity index (χ4n) is 4.06. The number of hydrogen-bond acceptors (Lipinski definition) is 6. The minimum absolute atomic E-state index is 0.00439. The lowest BCUT2D eigenvalue weighted by Gasteiger charge is -2.42. The second kappa shape index (κ2) is 11.3. The summed E-state index contributed by atoms with van der Waals surface area (Å²) in [7, 11) is 0. The molecule has 0 aromatic heterocycles. The highest BCUT2D eigenvalue weighted by molar-refractivity contribution is 6.04. The molecule has 1 aliphatic heterocycles. The van der Waals surface area contributed by atoms with E-state index in [0.717, 1.165) is 28.0 Å². The maximum atomic E-state index is 13.8. The highest BCUT2D eigenvalue weighted by Gasteiger charge is 2.44. The summed E-state index contributed by atoms with van der Waals surface area (Å²) < 4.78 is 45.6. The molecule has 2 aromatic rings. The molecule has 0 saturated carbocycles. The SMILES string of the molecule is CCOC(=O)C1=C(C)N(c2cccc(C(F)(F)F)c2)C(=O)N(CC(=O)NCCN)[C@@H]1c1ccc(N)cc1. The van der Waals surface area contributed by atoms with Gasteiger partial charge in [0.25, 0.3) is 0 Å². The average molecular weight is 520 g/mol. The number of nitrogens with two attached hydrogens (primary N) is 2. The van der Waals surface area contributed by atoms with Crippen molar-refractivity contribution in [3.63, 3.8) is 0 Å². The molecule has 0 spiro atoms. The predicted octanol–water partition coefficient (Wildman–Crippen LogP) is 3.18. The lowest BCUT2D eigenvalue weighted by molar-refractivity contribution is -0.140. The lowest BCUT2D eigenvalue weighted by Crippen LogP contribution is -2.54. The number of alkyl halides is 3. The summed E-state index contributed by atoms with van der Waals surface area (Å²) in [5.74, 6) is -1.34. The van der Waals surface area contributed by atoms with Gasteiger partial charge in [0.1, 0.15) is 6.54 Å². The fraction of sp³-hybridized carbons (Fsp3) is 0.320. The third-order valence-electron chi connectivity index (χ3n) is 5.71. The van der Waals surface area contributed by atoms with Crippen LogP contribution >= 0.6 is 0 Å². The summed E-state index contributed by atoms with van der Waals surface area (Å²) in [4.78, 5) is 41.8. The molecule has 0 unspecified atom stereocenters. The minimum atomic E-state index is -4.66. The molecule has 3 amide bonds. The first-order chi connectivity index (χ1) is 17.5. The third kappa shape index (κ3) is 6.02. The molecule has 12 heteroatoms. The van der Waals surface area contributed by atoms with Gasteiger partial charge in [0.05, 0.1) is 29.5 Å². The Kier molecular flexibility index (Phi) is 8.43. The zero-order valence-electron chi connectivity index (χ0n) is 20.3. The largest absolute Gasteiger partial charge is 0.463 e. The molecule has 1 heterocycles. The number of ether oxygens (including phenoxy) is 1.